The molecular weight excluding hydrogens is 495 g/mol. The number of alkyl halides is 3. The molecule has 1 saturated heterocycles. The standard InChI is InChI=1S/C28H34F3N5O2/c1-17(12-34-32)35-25(20-15-38-16-20)19-5-3-6-21(11-19)36-14-23-22(26(36)37)9-18(10-24(23)28(29,30)31)13-33-27(2)7-4-8-27/h3,5-6,9-12,20,25,33-35H,4,7-8,13-16,32H2,1-2H3/b17-12-/t25-/m0/s1. The van der Waals surface area contributed by atoms with E-state index in [0.29, 0.717) is 24.5 Å². The van der Waals surface area contributed by atoms with Crippen LogP contribution in [-0.2, 0) is 24.0 Å². The number of hydrazine groups is 1. The van der Waals surface area contributed by atoms with Crippen molar-refractivity contribution in [1.29, 1.82) is 0 Å². The van der Waals surface area contributed by atoms with Crippen molar-refractivity contribution < 1.29 is 22.7 Å². The Balaban J connectivity index is 1.44. The van der Waals surface area contributed by atoms with Crippen molar-refractivity contribution in [2.75, 3.05) is 18.1 Å². The number of benzene rings is 2. The van der Waals surface area contributed by atoms with Crippen LogP contribution in [0.25, 0.3) is 0 Å². The second-order valence-corrected chi connectivity index (χ2v) is 10.8. The molecule has 7 nitrogen and oxygen atoms in total. The van der Waals surface area contributed by atoms with Crippen molar-refractivity contribution >= 4 is 11.6 Å². The minimum Gasteiger partial charge on any atom is -0.381 e. The van der Waals surface area contributed by atoms with Crippen molar-refractivity contribution in [3.05, 3.63) is 76.1 Å². The number of halogens is 3. The Hall–Kier alpha value is -3.08. The summed E-state index contributed by atoms with van der Waals surface area (Å²) < 4.78 is 47.8. The van der Waals surface area contributed by atoms with E-state index in [4.69, 9.17) is 10.6 Å². The van der Waals surface area contributed by atoms with Gasteiger partial charge in [-0.1, -0.05) is 12.1 Å². The molecule has 2 aromatic carbocycles. The molecule has 204 valence electrons. The lowest BCUT2D eigenvalue weighted by Crippen LogP contribution is -2.47. The van der Waals surface area contributed by atoms with Crippen molar-refractivity contribution in [3.8, 4) is 0 Å². The maximum atomic E-state index is 14.1. The minimum atomic E-state index is -4.56. The summed E-state index contributed by atoms with van der Waals surface area (Å²) in [6.07, 6.45) is 0.187. The van der Waals surface area contributed by atoms with Gasteiger partial charge in [0.25, 0.3) is 5.91 Å². The maximum absolute atomic E-state index is 14.1. The average Bonchev–Trinajstić information content (AvgIpc) is 3.15. The molecule has 10 heteroatoms. The minimum absolute atomic E-state index is 0.0291. The molecule has 0 unspecified atom stereocenters. The van der Waals surface area contributed by atoms with E-state index in [0.717, 1.165) is 30.5 Å². The Morgan fingerprint density at radius 2 is 2.03 bits per heavy atom. The quantitative estimate of drug-likeness (QED) is 0.283. The Bertz CT molecular complexity index is 1240. The van der Waals surface area contributed by atoms with E-state index in [9.17, 15) is 18.0 Å². The van der Waals surface area contributed by atoms with Crippen LogP contribution in [0, 0.1) is 5.92 Å². The molecule has 0 spiro atoms. The number of hydrogen-bond acceptors (Lipinski definition) is 6. The van der Waals surface area contributed by atoms with E-state index in [2.05, 4.69) is 23.0 Å². The largest absolute Gasteiger partial charge is 0.416 e. The van der Waals surface area contributed by atoms with E-state index < -0.39 is 17.6 Å². The molecule has 0 radical (unpaired) electrons. The van der Waals surface area contributed by atoms with Crippen LogP contribution in [-0.4, -0.2) is 24.7 Å². The predicted octanol–water partition coefficient (Wildman–Crippen LogP) is 4.50. The fourth-order valence-electron chi connectivity index (χ4n) is 5.45. The van der Waals surface area contributed by atoms with E-state index in [1.807, 2.05) is 25.1 Å². The summed E-state index contributed by atoms with van der Waals surface area (Å²) in [5.74, 6) is 5.21. The van der Waals surface area contributed by atoms with Crippen LogP contribution >= 0.6 is 0 Å². The van der Waals surface area contributed by atoms with E-state index in [-0.39, 0.29) is 41.7 Å². The number of anilines is 1. The molecule has 1 aliphatic carbocycles. The molecule has 0 bridgehead atoms. The number of amides is 1. The zero-order valence-corrected chi connectivity index (χ0v) is 21.6. The highest BCUT2D eigenvalue weighted by Crippen LogP contribution is 2.41. The lowest BCUT2D eigenvalue weighted by atomic mass is 9.78. The molecule has 0 aromatic heterocycles. The normalized spacial score (nSPS) is 20.0. The first-order valence-corrected chi connectivity index (χ1v) is 12.9. The molecular formula is C28H34F3N5O2. The number of hydrogen-bond donors (Lipinski definition) is 4. The number of ether oxygens (including phenoxy) is 1. The SMILES string of the molecule is C/C(=C/NN)N[C@@H](c1cccc(N2Cc3c(cc(CNC4(C)CCC4)cc3C(F)(F)F)C2=O)c1)C1COC1. The van der Waals surface area contributed by atoms with Gasteiger partial charge in [0.1, 0.15) is 0 Å². The molecule has 2 heterocycles. The van der Waals surface area contributed by atoms with Gasteiger partial charge in [-0.15, -0.1) is 0 Å². The Kier molecular flexibility index (Phi) is 7.15. The van der Waals surface area contributed by atoms with Crippen LogP contribution in [0.3, 0.4) is 0 Å². The smallest absolute Gasteiger partial charge is 0.381 e. The van der Waals surface area contributed by atoms with Gasteiger partial charge in [0.2, 0.25) is 0 Å². The van der Waals surface area contributed by atoms with Crippen molar-refractivity contribution in [1.82, 2.24) is 16.1 Å². The van der Waals surface area contributed by atoms with E-state index in [1.54, 1.807) is 18.3 Å². The van der Waals surface area contributed by atoms with Crippen LogP contribution in [0.15, 0.2) is 48.3 Å². The summed E-state index contributed by atoms with van der Waals surface area (Å²) in [5.41, 5.74) is 4.64. The molecule has 2 fully saturated rings. The summed E-state index contributed by atoms with van der Waals surface area (Å²) >= 11 is 0. The summed E-state index contributed by atoms with van der Waals surface area (Å²) in [4.78, 5) is 15.0. The van der Waals surface area contributed by atoms with Crippen LogP contribution < -0.4 is 26.8 Å². The summed E-state index contributed by atoms with van der Waals surface area (Å²) in [6, 6.07) is 10.1. The van der Waals surface area contributed by atoms with Crippen molar-refractivity contribution in [3.63, 3.8) is 0 Å². The molecule has 5 N–H and O–H groups in total. The number of carbonyl (C=O) groups excluding carboxylic acids is 1. The van der Waals surface area contributed by atoms with Gasteiger partial charge < -0.3 is 25.7 Å². The summed E-state index contributed by atoms with van der Waals surface area (Å²) in [6.45, 7) is 5.30. The number of nitrogens with two attached hydrogens (primary N) is 1. The second kappa shape index (κ2) is 10.2. The fourth-order valence-corrected chi connectivity index (χ4v) is 5.45. The number of fused-ring (bicyclic) bond motifs is 1. The first kappa shape index (κ1) is 26.5. The first-order chi connectivity index (χ1) is 18.1. The molecule has 38 heavy (non-hydrogen) atoms. The van der Waals surface area contributed by atoms with Gasteiger partial charge in [0.15, 0.2) is 0 Å². The summed E-state index contributed by atoms with van der Waals surface area (Å²) in [7, 11) is 0. The highest BCUT2D eigenvalue weighted by Gasteiger charge is 2.41. The number of allylic oxidation sites excluding steroid dienone is 1. The third-order valence-electron chi connectivity index (χ3n) is 7.94. The maximum Gasteiger partial charge on any atom is 0.416 e. The van der Waals surface area contributed by atoms with Gasteiger partial charge in [-0.05, 0) is 74.1 Å². The van der Waals surface area contributed by atoms with Gasteiger partial charge in [-0.3, -0.25) is 10.6 Å². The Morgan fingerprint density at radius 3 is 2.63 bits per heavy atom. The zero-order valence-electron chi connectivity index (χ0n) is 21.6. The zero-order chi connectivity index (χ0) is 27.1. The Labute approximate surface area is 220 Å². The lowest BCUT2D eigenvalue weighted by Gasteiger charge is -2.39. The predicted molar refractivity (Wildman–Crippen MR) is 139 cm³/mol. The summed E-state index contributed by atoms with van der Waals surface area (Å²) in [5, 5.41) is 6.81. The van der Waals surface area contributed by atoms with Crippen LogP contribution in [0.2, 0.25) is 0 Å². The van der Waals surface area contributed by atoms with Crippen molar-refractivity contribution in [2.24, 2.45) is 11.8 Å². The van der Waals surface area contributed by atoms with Gasteiger partial charge in [0.05, 0.1) is 31.4 Å². The van der Waals surface area contributed by atoms with Crippen molar-refractivity contribution in [2.45, 2.75) is 64.0 Å². The molecule has 1 amide bonds. The Morgan fingerprint density at radius 1 is 1.26 bits per heavy atom. The average molecular weight is 530 g/mol. The highest BCUT2D eigenvalue weighted by molar-refractivity contribution is 6.10. The first-order valence-electron chi connectivity index (χ1n) is 12.9. The molecule has 5 rings (SSSR count). The highest BCUT2D eigenvalue weighted by atomic mass is 19.4. The van der Waals surface area contributed by atoms with E-state index >= 15 is 0 Å². The van der Waals surface area contributed by atoms with Gasteiger partial charge in [-0.25, -0.2) is 0 Å². The molecule has 2 aliphatic heterocycles. The fraction of sp³-hybridized carbons (Fsp3) is 0.464. The molecule has 3 aliphatic rings. The monoisotopic (exact) mass is 529 g/mol. The lowest BCUT2D eigenvalue weighted by molar-refractivity contribution is -0.138. The second-order valence-electron chi connectivity index (χ2n) is 10.8. The third-order valence-corrected chi connectivity index (χ3v) is 7.94. The number of nitrogens with one attached hydrogen (secondary N) is 3. The van der Waals surface area contributed by atoms with Crippen LogP contribution in [0.5, 0.6) is 0 Å². The van der Waals surface area contributed by atoms with E-state index in [1.165, 1.54) is 11.0 Å². The van der Waals surface area contributed by atoms with Crippen LogP contribution in [0.4, 0.5) is 18.9 Å². The topological polar surface area (TPSA) is 91.6 Å². The number of nitrogens with zero attached hydrogens (tertiary/aromatic N) is 1. The number of rotatable bonds is 9. The van der Waals surface area contributed by atoms with Gasteiger partial charge >= 0.3 is 6.18 Å². The number of carbonyl (C=O) groups is 1. The molecule has 1 atom stereocenters. The van der Waals surface area contributed by atoms with Gasteiger partial charge in [-0.2, -0.15) is 13.2 Å². The third kappa shape index (κ3) is 5.25. The molecule has 1 saturated carbocycles. The van der Waals surface area contributed by atoms with Crippen LogP contribution in [0.1, 0.15) is 71.8 Å². The van der Waals surface area contributed by atoms with Gasteiger partial charge in [0, 0.05) is 41.1 Å². The molecule has 2 aromatic rings.